The summed E-state index contributed by atoms with van der Waals surface area (Å²) in [6.45, 7) is 2.30. The Balaban J connectivity index is 1.74. The van der Waals surface area contributed by atoms with Crippen molar-refractivity contribution in [1.29, 1.82) is 0 Å². The lowest BCUT2D eigenvalue weighted by Gasteiger charge is -2.10. The van der Waals surface area contributed by atoms with Gasteiger partial charge in [-0.25, -0.2) is 0 Å². The van der Waals surface area contributed by atoms with E-state index >= 15 is 0 Å². The highest BCUT2D eigenvalue weighted by atomic mass is 32.1. The van der Waals surface area contributed by atoms with Gasteiger partial charge >= 0.3 is 0 Å². The number of carbonyl (C=O) groups excluding carboxylic acids is 2. The average molecular weight is 332 g/mol. The van der Waals surface area contributed by atoms with Crippen LogP contribution in [0.4, 0.5) is 5.69 Å². The maximum absolute atomic E-state index is 12.0. The molecule has 0 saturated carbocycles. The monoisotopic (exact) mass is 332 g/mol. The zero-order valence-corrected chi connectivity index (χ0v) is 13.8. The topological polar surface area (TPSA) is 78.4 Å². The van der Waals surface area contributed by atoms with E-state index in [1.54, 1.807) is 17.5 Å². The first-order chi connectivity index (χ1) is 11.1. The number of rotatable bonds is 7. The molecular weight excluding hydrogens is 312 g/mol. The minimum absolute atomic E-state index is 0.0578. The predicted octanol–water partition coefficient (Wildman–Crippen LogP) is 2.70. The number of carbonyl (C=O) groups is 2. The summed E-state index contributed by atoms with van der Waals surface area (Å²) in [6.07, 6.45) is 0.896. The first-order valence-electron chi connectivity index (χ1n) is 7.41. The third-order valence-corrected chi connectivity index (χ3v) is 4.09. The molecule has 0 atom stereocenters. The maximum atomic E-state index is 12.0. The predicted molar refractivity (Wildman–Crippen MR) is 91.6 cm³/mol. The molecule has 2 amide bonds. The summed E-state index contributed by atoms with van der Waals surface area (Å²) < 4.78 is 0. The number of hydrogen-bond acceptors (Lipinski definition) is 4. The van der Waals surface area contributed by atoms with Crippen molar-refractivity contribution in [3.05, 3.63) is 51.7 Å². The Kier molecular flexibility index (Phi) is 6.31. The zero-order chi connectivity index (χ0) is 16.7. The molecule has 0 bridgehead atoms. The molecule has 5 nitrogen and oxygen atoms in total. The summed E-state index contributed by atoms with van der Waals surface area (Å²) in [5.41, 5.74) is 3.06. The lowest BCUT2D eigenvalue weighted by molar-refractivity contribution is -0.116. The van der Waals surface area contributed by atoms with Crippen LogP contribution >= 0.6 is 11.3 Å². The second-order valence-electron chi connectivity index (χ2n) is 5.23. The molecule has 1 aromatic carbocycles. The van der Waals surface area contributed by atoms with Gasteiger partial charge in [0.05, 0.1) is 6.61 Å². The third kappa shape index (κ3) is 5.19. The van der Waals surface area contributed by atoms with Gasteiger partial charge in [-0.2, -0.15) is 11.3 Å². The summed E-state index contributed by atoms with van der Waals surface area (Å²) >= 11 is 1.47. The van der Waals surface area contributed by atoms with E-state index in [-0.39, 0.29) is 18.4 Å². The van der Waals surface area contributed by atoms with Gasteiger partial charge in [-0.1, -0.05) is 12.1 Å². The fourth-order valence-electron chi connectivity index (χ4n) is 2.06. The highest BCUT2D eigenvalue weighted by Crippen LogP contribution is 2.17. The van der Waals surface area contributed by atoms with Crippen LogP contribution in [0.2, 0.25) is 0 Å². The summed E-state index contributed by atoms with van der Waals surface area (Å²) in [5.74, 6) is -0.217. The molecule has 23 heavy (non-hydrogen) atoms. The molecule has 0 radical (unpaired) electrons. The van der Waals surface area contributed by atoms with Crippen LogP contribution in [0.5, 0.6) is 0 Å². The number of aliphatic hydroxyl groups excluding tert-OH is 1. The van der Waals surface area contributed by atoms with E-state index in [4.69, 9.17) is 5.11 Å². The van der Waals surface area contributed by atoms with Crippen molar-refractivity contribution >= 4 is 28.8 Å². The van der Waals surface area contributed by atoms with E-state index in [1.807, 2.05) is 24.4 Å². The van der Waals surface area contributed by atoms with Crippen molar-refractivity contribution in [1.82, 2.24) is 5.32 Å². The summed E-state index contributed by atoms with van der Waals surface area (Å²) in [4.78, 5) is 23.7. The van der Waals surface area contributed by atoms with Crippen LogP contribution in [-0.2, 0) is 11.4 Å². The average Bonchev–Trinajstić information content (AvgIpc) is 3.08. The number of aryl methyl sites for hydroxylation is 1. The SMILES string of the molecule is Cc1ccc(CO)cc1NC(=O)CCCNC(=O)c1ccsc1. The molecule has 0 aliphatic carbocycles. The second-order valence-corrected chi connectivity index (χ2v) is 6.01. The Hall–Kier alpha value is -2.18. The molecule has 0 unspecified atom stereocenters. The van der Waals surface area contributed by atoms with Gasteiger partial charge in [0.2, 0.25) is 5.91 Å². The second kappa shape index (κ2) is 8.45. The van der Waals surface area contributed by atoms with Gasteiger partial charge in [-0.05, 0) is 42.0 Å². The molecule has 0 fully saturated rings. The number of nitrogens with one attached hydrogen (secondary N) is 2. The van der Waals surface area contributed by atoms with Crippen LogP contribution in [0, 0.1) is 6.92 Å². The quantitative estimate of drug-likeness (QED) is 0.682. The van der Waals surface area contributed by atoms with Crippen LogP contribution in [-0.4, -0.2) is 23.5 Å². The molecule has 0 spiro atoms. The zero-order valence-electron chi connectivity index (χ0n) is 13.0. The standard InChI is InChI=1S/C17H20N2O3S/c1-12-4-5-13(10-20)9-15(12)19-16(21)3-2-7-18-17(22)14-6-8-23-11-14/h4-6,8-9,11,20H,2-3,7,10H2,1H3,(H,18,22)(H,19,21). The van der Waals surface area contributed by atoms with E-state index in [2.05, 4.69) is 10.6 Å². The highest BCUT2D eigenvalue weighted by molar-refractivity contribution is 7.08. The normalized spacial score (nSPS) is 10.3. The molecule has 2 rings (SSSR count). The van der Waals surface area contributed by atoms with Gasteiger partial charge in [-0.15, -0.1) is 0 Å². The minimum atomic E-state index is -0.113. The number of amides is 2. The Morgan fingerprint density at radius 2 is 2.09 bits per heavy atom. The maximum Gasteiger partial charge on any atom is 0.252 e. The van der Waals surface area contributed by atoms with Crippen molar-refractivity contribution < 1.29 is 14.7 Å². The number of thiophene rings is 1. The van der Waals surface area contributed by atoms with Gasteiger partial charge in [0.1, 0.15) is 0 Å². The van der Waals surface area contributed by atoms with Crippen LogP contribution in [0.15, 0.2) is 35.0 Å². The van der Waals surface area contributed by atoms with E-state index < -0.39 is 0 Å². The van der Waals surface area contributed by atoms with Gasteiger partial charge < -0.3 is 15.7 Å². The molecule has 1 heterocycles. The summed E-state index contributed by atoms with van der Waals surface area (Å²) in [6, 6.07) is 7.22. The van der Waals surface area contributed by atoms with Crippen molar-refractivity contribution in [2.45, 2.75) is 26.4 Å². The van der Waals surface area contributed by atoms with Crippen LogP contribution in [0.3, 0.4) is 0 Å². The molecular formula is C17H20N2O3S. The number of hydrogen-bond donors (Lipinski definition) is 3. The van der Waals surface area contributed by atoms with Gasteiger partial charge in [0.15, 0.2) is 0 Å². The van der Waals surface area contributed by atoms with Crippen LogP contribution in [0.25, 0.3) is 0 Å². The minimum Gasteiger partial charge on any atom is -0.392 e. The number of aliphatic hydroxyl groups is 1. The number of benzene rings is 1. The van der Waals surface area contributed by atoms with E-state index in [1.165, 1.54) is 11.3 Å². The lowest BCUT2D eigenvalue weighted by Crippen LogP contribution is -2.25. The molecule has 1 aromatic heterocycles. The fraction of sp³-hybridized carbons (Fsp3) is 0.294. The molecule has 0 aliphatic rings. The van der Waals surface area contributed by atoms with Crippen molar-refractivity contribution in [2.24, 2.45) is 0 Å². The Morgan fingerprint density at radius 1 is 1.26 bits per heavy atom. The van der Waals surface area contributed by atoms with Gasteiger partial charge in [0.25, 0.3) is 5.91 Å². The first-order valence-corrected chi connectivity index (χ1v) is 8.35. The van der Waals surface area contributed by atoms with E-state index in [9.17, 15) is 9.59 Å². The van der Waals surface area contributed by atoms with Gasteiger partial charge in [0, 0.05) is 29.6 Å². The smallest absolute Gasteiger partial charge is 0.252 e. The molecule has 122 valence electrons. The molecule has 3 N–H and O–H groups in total. The van der Waals surface area contributed by atoms with Crippen molar-refractivity contribution in [2.75, 3.05) is 11.9 Å². The summed E-state index contributed by atoms with van der Waals surface area (Å²) in [5, 5.41) is 18.4. The Morgan fingerprint density at radius 3 is 2.78 bits per heavy atom. The Labute approximate surface area is 139 Å². The van der Waals surface area contributed by atoms with Crippen molar-refractivity contribution in [3.63, 3.8) is 0 Å². The molecule has 0 aliphatic heterocycles. The Bertz CT molecular complexity index is 668. The van der Waals surface area contributed by atoms with Crippen LogP contribution < -0.4 is 10.6 Å². The molecule has 0 saturated heterocycles. The lowest BCUT2D eigenvalue weighted by atomic mass is 10.1. The third-order valence-electron chi connectivity index (χ3n) is 3.41. The highest BCUT2D eigenvalue weighted by Gasteiger charge is 2.07. The van der Waals surface area contributed by atoms with E-state index in [0.717, 1.165) is 11.1 Å². The van der Waals surface area contributed by atoms with Gasteiger partial charge in [-0.3, -0.25) is 9.59 Å². The molecule has 2 aromatic rings. The largest absolute Gasteiger partial charge is 0.392 e. The van der Waals surface area contributed by atoms with Crippen molar-refractivity contribution in [3.8, 4) is 0 Å². The van der Waals surface area contributed by atoms with E-state index in [0.29, 0.717) is 30.6 Å². The summed E-state index contributed by atoms with van der Waals surface area (Å²) in [7, 11) is 0. The van der Waals surface area contributed by atoms with Crippen LogP contribution in [0.1, 0.15) is 34.3 Å². The number of anilines is 1. The molecule has 6 heteroatoms. The first kappa shape index (κ1) is 17.2. The fourth-order valence-corrected chi connectivity index (χ4v) is 2.70.